The molecule has 0 amide bonds. The fourth-order valence-corrected chi connectivity index (χ4v) is 4.74. The van der Waals surface area contributed by atoms with E-state index in [9.17, 15) is 4.57 Å². The van der Waals surface area contributed by atoms with Crippen molar-refractivity contribution in [1.82, 2.24) is 0 Å². The molecule has 1 rings (SSSR count). The van der Waals surface area contributed by atoms with Crippen LogP contribution in [0, 0.1) is 0 Å². The molecule has 0 aromatic heterocycles. The molecule has 0 aromatic carbocycles. The molecule has 0 aliphatic carbocycles. The second-order valence-electron chi connectivity index (χ2n) is 2.37. The third-order valence-corrected chi connectivity index (χ3v) is 6.12. The summed E-state index contributed by atoms with van der Waals surface area (Å²) in [5.41, 5.74) is 0. The Hall–Kier alpha value is 0.500. The summed E-state index contributed by atoms with van der Waals surface area (Å²) < 4.78 is 21.5. The first-order chi connectivity index (χ1) is 5.23. The molecule has 1 aliphatic heterocycles. The van der Waals surface area contributed by atoms with Crippen LogP contribution in [0.3, 0.4) is 0 Å². The van der Waals surface area contributed by atoms with Gasteiger partial charge >= 0.3 is 7.60 Å². The van der Waals surface area contributed by atoms with Gasteiger partial charge < -0.3 is 9.05 Å². The highest BCUT2D eigenvalue weighted by atomic mass is 32.2. The van der Waals surface area contributed by atoms with E-state index in [0.717, 1.165) is 18.6 Å². The Morgan fingerprint density at radius 3 is 2.45 bits per heavy atom. The molecule has 0 saturated carbocycles. The van der Waals surface area contributed by atoms with Crippen LogP contribution in [0.4, 0.5) is 0 Å². The fraction of sp³-hybridized carbons (Fsp3) is 1.00. The van der Waals surface area contributed by atoms with E-state index in [1.807, 2.05) is 0 Å². The van der Waals surface area contributed by atoms with Crippen LogP contribution in [-0.4, -0.2) is 25.0 Å². The van der Waals surface area contributed by atoms with Gasteiger partial charge in [0, 0.05) is 14.2 Å². The average molecular weight is 196 g/mol. The molecular formula is C6H13O3PS. The quantitative estimate of drug-likeness (QED) is 0.649. The van der Waals surface area contributed by atoms with Crippen molar-refractivity contribution in [3.05, 3.63) is 0 Å². The minimum absolute atomic E-state index is 0.0671. The van der Waals surface area contributed by atoms with Crippen LogP contribution >= 0.6 is 19.4 Å². The maximum absolute atomic E-state index is 11.7. The molecule has 1 heterocycles. The molecule has 3 nitrogen and oxygen atoms in total. The lowest BCUT2D eigenvalue weighted by molar-refractivity contribution is 0.273. The van der Waals surface area contributed by atoms with Gasteiger partial charge in [0.2, 0.25) is 0 Å². The summed E-state index contributed by atoms with van der Waals surface area (Å²) in [7, 11) is 0.129. The van der Waals surface area contributed by atoms with Crippen LogP contribution < -0.4 is 0 Å². The van der Waals surface area contributed by atoms with Crippen LogP contribution in [-0.2, 0) is 13.6 Å². The molecule has 1 atom stereocenters. The van der Waals surface area contributed by atoms with Crippen LogP contribution in [0.1, 0.15) is 12.8 Å². The summed E-state index contributed by atoms with van der Waals surface area (Å²) in [6.07, 6.45) is 2.07. The predicted octanol–water partition coefficient (Wildman–Crippen LogP) is 2.33. The summed E-state index contributed by atoms with van der Waals surface area (Å²) in [6.45, 7) is 0. The Kier molecular flexibility index (Phi) is 3.44. The maximum Gasteiger partial charge on any atom is 0.342 e. The third kappa shape index (κ3) is 2.00. The van der Waals surface area contributed by atoms with E-state index in [1.54, 1.807) is 11.8 Å². The van der Waals surface area contributed by atoms with Crippen molar-refractivity contribution in [3.8, 4) is 0 Å². The lowest BCUT2D eigenvalue weighted by Gasteiger charge is -2.18. The molecule has 66 valence electrons. The van der Waals surface area contributed by atoms with Gasteiger partial charge in [-0.05, 0) is 18.6 Å². The summed E-state index contributed by atoms with van der Waals surface area (Å²) in [4.78, 5) is 0.0671. The summed E-state index contributed by atoms with van der Waals surface area (Å²) in [5.74, 6) is 1.07. The first kappa shape index (κ1) is 9.59. The van der Waals surface area contributed by atoms with Gasteiger partial charge in [-0.2, -0.15) is 0 Å². The molecule has 0 aromatic rings. The molecule has 0 spiro atoms. The molecule has 0 bridgehead atoms. The van der Waals surface area contributed by atoms with Crippen LogP contribution in [0.25, 0.3) is 0 Å². The lowest BCUT2D eigenvalue weighted by atomic mass is 10.4. The normalized spacial score (nSPS) is 25.8. The second kappa shape index (κ2) is 3.94. The first-order valence-electron chi connectivity index (χ1n) is 3.56. The predicted molar refractivity (Wildman–Crippen MR) is 47.1 cm³/mol. The zero-order chi connectivity index (χ0) is 8.32. The van der Waals surface area contributed by atoms with E-state index in [1.165, 1.54) is 14.2 Å². The Balaban J connectivity index is 2.60. The molecule has 0 radical (unpaired) electrons. The van der Waals surface area contributed by atoms with E-state index in [0.29, 0.717) is 0 Å². The molecule has 1 aliphatic rings. The smallest absolute Gasteiger partial charge is 0.311 e. The standard InChI is InChI=1S/C6H13O3PS/c1-8-10(7,9-2)6-4-3-5-11-6/h6H,3-5H2,1-2H3. The van der Waals surface area contributed by atoms with Crippen molar-refractivity contribution < 1.29 is 13.6 Å². The van der Waals surface area contributed by atoms with Crippen LogP contribution in [0.5, 0.6) is 0 Å². The summed E-state index contributed by atoms with van der Waals surface area (Å²) in [5, 5.41) is 0. The van der Waals surface area contributed by atoms with Gasteiger partial charge in [-0.1, -0.05) is 0 Å². The molecule has 11 heavy (non-hydrogen) atoms. The Labute approximate surface area is 71.4 Å². The summed E-state index contributed by atoms with van der Waals surface area (Å²) in [6, 6.07) is 0. The van der Waals surface area contributed by atoms with Crippen molar-refractivity contribution in [1.29, 1.82) is 0 Å². The highest BCUT2D eigenvalue weighted by Crippen LogP contribution is 2.59. The van der Waals surface area contributed by atoms with Gasteiger partial charge in [0.25, 0.3) is 0 Å². The third-order valence-electron chi connectivity index (χ3n) is 1.77. The van der Waals surface area contributed by atoms with Gasteiger partial charge in [0.15, 0.2) is 0 Å². The van der Waals surface area contributed by atoms with Crippen molar-refractivity contribution in [3.63, 3.8) is 0 Å². The van der Waals surface area contributed by atoms with Crippen molar-refractivity contribution in [2.45, 2.75) is 17.8 Å². The van der Waals surface area contributed by atoms with Gasteiger partial charge in [0.05, 0.1) is 0 Å². The number of hydrogen-bond donors (Lipinski definition) is 0. The number of hydrogen-bond acceptors (Lipinski definition) is 4. The van der Waals surface area contributed by atoms with Gasteiger partial charge in [-0.25, -0.2) is 0 Å². The first-order valence-corrected chi connectivity index (χ1v) is 6.22. The zero-order valence-electron chi connectivity index (χ0n) is 6.78. The zero-order valence-corrected chi connectivity index (χ0v) is 8.49. The largest absolute Gasteiger partial charge is 0.342 e. The molecule has 1 fully saturated rings. The highest BCUT2D eigenvalue weighted by molar-refractivity contribution is 8.05. The van der Waals surface area contributed by atoms with Gasteiger partial charge in [-0.3, -0.25) is 4.57 Å². The molecular weight excluding hydrogens is 183 g/mol. The Morgan fingerprint density at radius 2 is 2.09 bits per heavy atom. The van der Waals surface area contributed by atoms with E-state index in [2.05, 4.69) is 0 Å². The topological polar surface area (TPSA) is 35.5 Å². The monoisotopic (exact) mass is 196 g/mol. The molecule has 5 heteroatoms. The molecule has 1 unspecified atom stereocenters. The molecule has 1 saturated heterocycles. The van der Waals surface area contributed by atoms with E-state index >= 15 is 0 Å². The van der Waals surface area contributed by atoms with E-state index in [-0.39, 0.29) is 4.99 Å². The fourth-order valence-electron chi connectivity index (χ4n) is 1.12. The van der Waals surface area contributed by atoms with E-state index < -0.39 is 7.60 Å². The summed E-state index contributed by atoms with van der Waals surface area (Å²) >= 11 is 1.69. The minimum Gasteiger partial charge on any atom is -0.311 e. The number of rotatable bonds is 3. The molecule has 0 N–H and O–H groups in total. The van der Waals surface area contributed by atoms with Crippen molar-refractivity contribution >= 4 is 19.4 Å². The Bertz CT molecular complexity index is 159. The maximum atomic E-state index is 11.7. The van der Waals surface area contributed by atoms with Crippen LogP contribution in [0.2, 0.25) is 0 Å². The van der Waals surface area contributed by atoms with E-state index in [4.69, 9.17) is 9.05 Å². The average Bonchev–Trinajstić information content (AvgIpc) is 2.55. The van der Waals surface area contributed by atoms with Crippen molar-refractivity contribution in [2.24, 2.45) is 0 Å². The van der Waals surface area contributed by atoms with Crippen molar-refractivity contribution in [2.75, 3.05) is 20.0 Å². The number of thioether (sulfide) groups is 1. The second-order valence-corrected chi connectivity index (χ2v) is 6.47. The van der Waals surface area contributed by atoms with Gasteiger partial charge in [-0.15, -0.1) is 11.8 Å². The SMILES string of the molecule is COP(=O)(OC)C1CCCS1. The Morgan fingerprint density at radius 1 is 1.45 bits per heavy atom. The van der Waals surface area contributed by atoms with Crippen LogP contribution in [0.15, 0.2) is 0 Å². The minimum atomic E-state index is -2.77. The lowest BCUT2D eigenvalue weighted by Crippen LogP contribution is -2.02. The van der Waals surface area contributed by atoms with Gasteiger partial charge in [0.1, 0.15) is 4.99 Å². The highest BCUT2D eigenvalue weighted by Gasteiger charge is 2.36.